The van der Waals surface area contributed by atoms with Crippen LogP contribution in [0.2, 0.25) is 5.02 Å². The molecule has 0 radical (unpaired) electrons. The number of ether oxygens (including phenoxy) is 1. The molecule has 1 spiro atoms. The van der Waals surface area contributed by atoms with Crippen molar-refractivity contribution in [1.29, 1.82) is 0 Å². The van der Waals surface area contributed by atoms with Crippen LogP contribution in [-0.2, 0) is 9.53 Å². The van der Waals surface area contributed by atoms with Crippen molar-refractivity contribution in [3.8, 4) is 0 Å². The molecule has 4 rings (SSSR count). The van der Waals surface area contributed by atoms with Gasteiger partial charge >= 0.3 is 0 Å². The van der Waals surface area contributed by atoms with Crippen molar-refractivity contribution in [2.75, 3.05) is 19.7 Å². The maximum absolute atomic E-state index is 12.9. The lowest BCUT2D eigenvalue weighted by atomic mass is 9.96. The minimum Gasteiger partial charge on any atom is -0.548 e. The highest BCUT2D eigenvalue weighted by Gasteiger charge is 2.53. The van der Waals surface area contributed by atoms with Gasteiger partial charge in [0.25, 0.3) is 11.8 Å². The number of aliphatic carboxylic acids is 1. The molecule has 0 N–H and O–H groups in total. The Bertz CT molecular complexity index is 936. The van der Waals surface area contributed by atoms with Gasteiger partial charge in [-0.3, -0.25) is 14.5 Å². The Balaban J connectivity index is 1.54. The molecule has 1 atom stereocenters. The van der Waals surface area contributed by atoms with Gasteiger partial charge in [0.1, 0.15) is 5.72 Å². The minimum atomic E-state index is -1.39. The molecule has 29 heavy (non-hydrogen) atoms. The molecule has 1 aromatic heterocycles. The number of nitrogens with zero attached hydrogens (tertiary/aromatic N) is 2. The van der Waals surface area contributed by atoms with Crippen LogP contribution in [0.5, 0.6) is 0 Å². The maximum atomic E-state index is 12.9. The van der Waals surface area contributed by atoms with E-state index in [0.29, 0.717) is 23.7 Å². The molecule has 2 saturated heterocycles. The molecule has 2 aromatic rings. The standard InChI is InChI=1S/C20H19ClN2O6/c21-14-4-1-3-13(11-14)17(24)22-8-6-20(7-9-22)23(15(12-29-20)19(26)27)18(25)16-5-2-10-28-16/h1-5,10-11,15H,6-9,12H2,(H,26,27)/p-1/t15-/m1/s1. The van der Waals surface area contributed by atoms with Crippen molar-refractivity contribution in [3.63, 3.8) is 0 Å². The zero-order valence-corrected chi connectivity index (χ0v) is 16.1. The van der Waals surface area contributed by atoms with Crippen molar-refractivity contribution in [2.45, 2.75) is 24.6 Å². The summed E-state index contributed by atoms with van der Waals surface area (Å²) >= 11 is 5.97. The fourth-order valence-electron chi connectivity index (χ4n) is 3.93. The van der Waals surface area contributed by atoms with Crippen LogP contribution >= 0.6 is 11.6 Å². The van der Waals surface area contributed by atoms with Crippen molar-refractivity contribution in [1.82, 2.24) is 9.80 Å². The Kier molecular flexibility index (Phi) is 5.06. The second-order valence-electron chi connectivity index (χ2n) is 7.05. The first-order valence-corrected chi connectivity index (χ1v) is 9.56. The summed E-state index contributed by atoms with van der Waals surface area (Å²) in [6.07, 6.45) is 1.89. The Morgan fingerprint density at radius 3 is 2.48 bits per heavy atom. The summed E-state index contributed by atoms with van der Waals surface area (Å²) in [7, 11) is 0. The highest BCUT2D eigenvalue weighted by atomic mass is 35.5. The van der Waals surface area contributed by atoms with E-state index in [9.17, 15) is 19.5 Å². The number of hydrogen-bond acceptors (Lipinski definition) is 6. The average molecular weight is 418 g/mol. The fourth-order valence-corrected chi connectivity index (χ4v) is 4.12. The Hall–Kier alpha value is -2.84. The van der Waals surface area contributed by atoms with Gasteiger partial charge < -0.3 is 24.0 Å². The topological polar surface area (TPSA) is 103 Å². The van der Waals surface area contributed by atoms with Crippen molar-refractivity contribution < 1.29 is 28.6 Å². The second-order valence-corrected chi connectivity index (χ2v) is 7.48. The average Bonchev–Trinajstić information content (AvgIpc) is 3.36. The van der Waals surface area contributed by atoms with E-state index in [0.717, 1.165) is 0 Å². The number of hydrogen-bond donors (Lipinski definition) is 0. The van der Waals surface area contributed by atoms with Crippen LogP contribution in [0, 0.1) is 0 Å². The van der Waals surface area contributed by atoms with E-state index in [4.69, 9.17) is 20.8 Å². The van der Waals surface area contributed by atoms with E-state index in [-0.39, 0.29) is 31.1 Å². The smallest absolute Gasteiger partial charge is 0.292 e. The predicted molar refractivity (Wildman–Crippen MR) is 98.9 cm³/mol. The summed E-state index contributed by atoms with van der Waals surface area (Å²) in [4.78, 5) is 40.1. The first-order valence-electron chi connectivity index (χ1n) is 9.18. The van der Waals surface area contributed by atoms with E-state index >= 15 is 0 Å². The molecule has 0 bridgehead atoms. The first kappa shape index (κ1) is 19.5. The number of benzene rings is 1. The maximum Gasteiger partial charge on any atom is 0.292 e. The lowest BCUT2D eigenvalue weighted by Crippen LogP contribution is -2.60. The number of halogens is 1. The molecule has 3 heterocycles. The van der Waals surface area contributed by atoms with Gasteiger partial charge in [-0.2, -0.15) is 0 Å². The van der Waals surface area contributed by atoms with Crippen molar-refractivity contribution in [2.24, 2.45) is 0 Å². The number of carboxylic acid groups (broad SMARTS) is 1. The molecule has 0 saturated carbocycles. The zero-order chi connectivity index (χ0) is 20.6. The first-order chi connectivity index (χ1) is 13.9. The van der Waals surface area contributed by atoms with E-state index < -0.39 is 23.6 Å². The Morgan fingerprint density at radius 2 is 1.86 bits per heavy atom. The number of rotatable bonds is 3. The molecule has 2 aliphatic rings. The number of carbonyl (C=O) groups excluding carboxylic acids is 3. The summed E-state index contributed by atoms with van der Waals surface area (Å²) in [5, 5.41) is 12.1. The molecular weight excluding hydrogens is 400 g/mol. The molecule has 0 unspecified atom stereocenters. The molecule has 2 aliphatic heterocycles. The molecule has 2 fully saturated rings. The Labute approximate surface area is 171 Å². The van der Waals surface area contributed by atoms with Crippen LogP contribution in [0.4, 0.5) is 0 Å². The normalized spacial score (nSPS) is 20.8. The molecule has 152 valence electrons. The van der Waals surface area contributed by atoms with Gasteiger partial charge in [0.15, 0.2) is 5.76 Å². The lowest BCUT2D eigenvalue weighted by molar-refractivity contribution is -0.310. The van der Waals surface area contributed by atoms with E-state index in [2.05, 4.69) is 0 Å². The molecule has 9 heteroatoms. The van der Waals surface area contributed by atoms with Crippen LogP contribution < -0.4 is 5.11 Å². The fraction of sp³-hybridized carbons (Fsp3) is 0.350. The number of amides is 2. The predicted octanol–water partition coefficient (Wildman–Crippen LogP) is 1.16. The highest BCUT2D eigenvalue weighted by molar-refractivity contribution is 6.30. The summed E-state index contributed by atoms with van der Waals surface area (Å²) < 4.78 is 11.0. The van der Waals surface area contributed by atoms with E-state index in [1.165, 1.54) is 17.2 Å². The third-order valence-corrected chi connectivity index (χ3v) is 5.62. The molecule has 8 nitrogen and oxygen atoms in total. The van der Waals surface area contributed by atoms with Crippen LogP contribution in [-0.4, -0.2) is 59.0 Å². The summed E-state index contributed by atoms with van der Waals surface area (Å²) in [6.45, 7) is 0.428. The van der Waals surface area contributed by atoms with Gasteiger partial charge in [-0.25, -0.2) is 0 Å². The summed E-state index contributed by atoms with van der Waals surface area (Å²) in [5.74, 6) is -2.12. The number of furan rings is 1. The van der Waals surface area contributed by atoms with Crippen LogP contribution in [0.3, 0.4) is 0 Å². The lowest BCUT2D eigenvalue weighted by Gasteiger charge is -2.44. The van der Waals surface area contributed by atoms with Crippen molar-refractivity contribution in [3.05, 3.63) is 59.0 Å². The third kappa shape index (κ3) is 3.49. The molecular formula is C20H18ClN2O6-. The van der Waals surface area contributed by atoms with Gasteiger partial charge in [-0.05, 0) is 30.3 Å². The van der Waals surface area contributed by atoms with Gasteiger partial charge in [0.05, 0.1) is 24.9 Å². The monoisotopic (exact) mass is 417 g/mol. The number of carboxylic acids is 1. The van der Waals surface area contributed by atoms with Crippen LogP contribution in [0.25, 0.3) is 0 Å². The van der Waals surface area contributed by atoms with Gasteiger partial charge in [-0.15, -0.1) is 0 Å². The summed E-state index contributed by atoms with van der Waals surface area (Å²) in [5.41, 5.74) is -0.656. The van der Waals surface area contributed by atoms with Gasteiger partial charge in [-0.1, -0.05) is 17.7 Å². The largest absolute Gasteiger partial charge is 0.548 e. The number of piperidine rings is 1. The zero-order valence-electron chi connectivity index (χ0n) is 15.4. The molecule has 1 aromatic carbocycles. The summed E-state index contributed by atoms with van der Waals surface area (Å²) in [6, 6.07) is 8.48. The quantitative estimate of drug-likeness (QED) is 0.742. The van der Waals surface area contributed by atoms with E-state index in [1.807, 2.05) is 0 Å². The van der Waals surface area contributed by atoms with Gasteiger partial charge in [0.2, 0.25) is 0 Å². The second kappa shape index (κ2) is 7.53. The molecule has 0 aliphatic carbocycles. The molecule has 2 amide bonds. The van der Waals surface area contributed by atoms with Crippen LogP contribution in [0.1, 0.15) is 33.8 Å². The van der Waals surface area contributed by atoms with E-state index in [1.54, 1.807) is 35.2 Å². The number of carbonyl (C=O) groups is 3. The van der Waals surface area contributed by atoms with Crippen molar-refractivity contribution >= 4 is 29.4 Å². The SMILES string of the molecule is O=C([O-])[C@H]1COC2(CCN(C(=O)c3cccc(Cl)c3)CC2)N1C(=O)c1ccco1. The third-order valence-electron chi connectivity index (χ3n) is 5.39. The highest BCUT2D eigenvalue weighted by Crippen LogP contribution is 2.38. The van der Waals surface area contributed by atoms with Crippen LogP contribution in [0.15, 0.2) is 47.1 Å². The Morgan fingerprint density at radius 1 is 1.10 bits per heavy atom. The minimum absolute atomic E-state index is 0.0264. The number of likely N-dealkylation sites (tertiary alicyclic amines) is 1. The van der Waals surface area contributed by atoms with Gasteiger partial charge in [0, 0.05) is 36.5 Å².